The normalized spacial score (nSPS) is 12.8. The minimum absolute atomic E-state index is 0.0491. The summed E-state index contributed by atoms with van der Waals surface area (Å²) in [7, 11) is 0.501. The van der Waals surface area contributed by atoms with E-state index in [0.29, 0.717) is 69.2 Å². The van der Waals surface area contributed by atoms with E-state index in [2.05, 4.69) is 20.6 Å². The Balaban J connectivity index is 0.000000175. The predicted octanol–water partition coefficient (Wildman–Crippen LogP) is 9.96. The van der Waals surface area contributed by atoms with E-state index in [-0.39, 0.29) is 36.1 Å². The molecule has 1 radical (unpaired) electrons. The first-order valence-electron chi connectivity index (χ1n) is 19.1. The van der Waals surface area contributed by atoms with Crippen molar-refractivity contribution in [1.82, 2.24) is 0 Å². The Labute approximate surface area is 386 Å². The van der Waals surface area contributed by atoms with Crippen molar-refractivity contribution in [2.24, 2.45) is 0 Å². The summed E-state index contributed by atoms with van der Waals surface area (Å²) in [6.07, 6.45) is 0. The van der Waals surface area contributed by atoms with Crippen molar-refractivity contribution in [3.8, 4) is 17.2 Å². The molecule has 0 aliphatic carbocycles. The Morgan fingerprint density at radius 3 is 1.62 bits per heavy atom. The number of cyclic esters (lactones) is 2. The largest absolute Gasteiger partial charge is 0.569 e. The molecule has 3 N–H and O–H groups in total. The minimum atomic E-state index is -1.07. The fourth-order valence-electron chi connectivity index (χ4n) is 6.26. The summed E-state index contributed by atoms with van der Waals surface area (Å²) in [6.45, 7) is 1.05. The van der Waals surface area contributed by atoms with Crippen molar-refractivity contribution in [3.05, 3.63) is 199 Å². The summed E-state index contributed by atoms with van der Waals surface area (Å²) in [5.74, 6) is -1.47. The van der Waals surface area contributed by atoms with Gasteiger partial charge in [0.05, 0.1) is 16.7 Å². The number of hydrogen-bond donors (Lipinski definition) is 3. The molecule has 0 saturated carbocycles. The first kappa shape index (κ1) is 46.7. The fourth-order valence-corrected chi connectivity index (χ4v) is 7.05. The van der Waals surface area contributed by atoms with Crippen molar-refractivity contribution in [2.45, 2.75) is 13.2 Å². The summed E-state index contributed by atoms with van der Waals surface area (Å²) in [6, 6.07) is 42.1. The third-order valence-corrected chi connectivity index (χ3v) is 10.6. The van der Waals surface area contributed by atoms with E-state index in [1.807, 2.05) is 60.7 Å². The molecule has 0 amide bonds. The molecule has 2 aliphatic heterocycles. The second kappa shape index (κ2) is 22.5. The SMILES string of the molecule is O=C(O)c1cccc(O[B]O)c1.O=C1OCC(c2cc(Cl)ccc2OCc2ccccc2)=C1Br.O=C1OCC(c2cc(Cl)ccc2OCc2ccccc2)=C1c1cccc(C(=O)O)c1. The van der Waals surface area contributed by atoms with Gasteiger partial charge in [-0.15, -0.1) is 0 Å². The second-order valence-electron chi connectivity index (χ2n) is 13.6. The van der Waals surface area contributed by atoms with Crippen LogP contribution in [0.15, 0.2) is 150 Å². The van der Waals surface area contributed by atoms with Crippen molar-refractivity contribution < 1.29 is 58.0 Å². The molecule has 0 atom stereocenters. The van der Waals surface area contributed by atoms with Gasteiger partial charge in [0.15, 0.2) is 0 Å². The van der Waals surface area contributed by atoms with Gasteiger partial charge >= 0.3 is 31.6 Å². The molecule has 16 heteroatoms. The van der Waals surface area contributed by atoms with Gasteiger partial charge in [-0.05, 0) is 99.4 Å². The molecule has 6 aromatic carbocycles. The van der Waals surface area contributed by atoms with Gasteiger partial charge < -0.3 is 38.8 Å². The molecule has 6 aromatic rings. The molecule has 64 heavy (non-hydrogen) atoms. The number of carboxylic acid groups (broad SMARTS) is 2. The van der Waals surface area contributed by atoms with Gasteiger partial charge in [-0.25, -0.2) is 19.2 Å². The van der Waals surface area contributed by atoms with E-state index in [4.69, 9.17) is 52.3 Å². The lowest BCUT2D eigenvalue weighted by atomic mass is 9.95. The van der Waals surface area contributed by atoms with Crippen LogP contribution in [0.4, 0.5) is 0 Å². The monoisotopic (exact) mass is 963 g/mol. The van der Waals surface area contributed by atoms with Crippen LogP contribution in [-0.4, -0.2) is 60.0 Å². The molecule has 0 unspecified atom stereocenters. The molecular formula is C48H35BBrCl2O12. The Bertz CT molecular complexity index is 2730. The highest BCUT2D eigenvalue weighted by atomic mass is 79.9. The standard InChI is InChI=1S/C24H17ClO5.C17H12BrClO3.C7H6BO4/c25-18-9-10-21(29-13-15-5-2-1-3-6-15)19(12-18)20-14-30-24(28)22(20)16-7-4-8-17(11-16)23(26)27;18-16-14(10-22-17(16)20)13-8-12(19)6-7-15(13)21-9-11-4-2-1-3-5-11;9-7(10)5-2-1-3-6(4-5)12-8-11/h1-12H,13-14H2,(H,26,27);1-8H,9-10H2;1-4,11H,(H,9,10). The van der Waals surface area contributed by atoms with Crippen LogP contribution in [0.1, 0.15) is 48.5 Å². The van der Waals surface area contributed by atoms with E-state index >= 15 is 0 Å². The molecule has 0 fully saturated rings. The van der Waals surface area contributed by atoms with Gasteiger partial charge in [0.25, 0.3) is 0 Å². The number of rotatable bonds is 13. The lowest BCUT2D eigenvalue weighted by Gasteiger charge is -2.13. The van der Waals surface area contributed by atoms with Gasteiger partial charge in [-0.2, -0.15) is 0 Å². The van der Waals surface area contributed by atoms with Gasteiger partial charge in [-0.1, -0.05) is 102 Å². The number of ether oxygens (including phenoxy) is 4. The number of carbonyl (C=O) groups is 4. The molecule has 2 aliphatic rings. The molecule has 0 bridgehead atoms. The van der Waals surface area contributed by atoms with Gasteiger partial charge in [-0.3, -0.25) is 0 Å². The Morgan fingerprint density at radius 2 is 1.11 bits per heavy atom. The molecule has 8 rings (SSSR count). The number of aromatic carboxylic acids is 2. The quantitative estimate of drug-likeness (QED) is 0.0739. The van der Waals surface area contributed by atoms with Crippen molar-refractivity contribution in [2.75, 3.05) is 13.2 Å². The molecular weight excluding hydrogens is 930 g/mol. The van der Waals surface area contributed by atoms with E-state index in [0.717, 1.165) is 22.3 Å². The van der Waals surface area contributed by atoms with Crippen LogP contribution >= 0.6 is 39.1 Å². The fraction of sp³-hybridized carbons (Fsp3) is 0.0833. The molecule has 0 spiro atoms. The Hall–Kier alpha value is -6.84. The number of benzene rings is 6. The van der Waals surface area contributed by atoms with Gasteiger partial charge in [0.2, 0.25) is 0 Å². The van der Waals surface area contributed by atoms with Gasteiger partial charge in [0.1, 0.15) is 48.2 Å². The maximum absolute atomic E-state index is 12.5. The smallest absolute Gasteiger partial charge is 0.537 e. The zero-order valence-corrected chi connectivity index (χ0v) is 36.5. The summed E-state index contributed by atoms with van der Waals surface area (Å²) >= 11 is 15.6. The lowest BCUT2D eigenvalue weighted by Crippen LogP contribution is -2.02. The van der Waals surface area contributed by atoms with Crippen LogP contribution in [-0.2, 0) is 32.3 Å². The van der Waals surface area contributed by atoms with Crippen molar-refractivity contribution >= 4 is 87.4 Å². The molecule has 323 valence electrons. The van der Waals surface area contributed by atoms with Crippen LogP contribution in [0.2, 0.25) is 10.0 Å². The molecule has 0 aromatic heterocycles. The Kier molecular flexibility index (Phi) is 16.4. The first-order valence-corrected chi connectivity index (χ1v) is 20.7. The zero-order chi connectivity index (χ0) is 45.6. The van der Waals surface area contributed by atoms with Crippen LogP contribution in [0.25, 0.3) is 16.7 Å². The number of halogens is 3. The number of carboxylic acids is 2. The molecule has 12 nitrogen and oxygen atoms in total. The summed E-state index contributed by atoms with van der Waals surface area (Å²) < 4.78 is 27.2. The highest BCUT2D eigenvalue weighted by molar-refractivity contribution is 9.12. The molecule has 0 saturated heterocycles. The summed E-state index contributed by atoms with van der Waals surface area (Å²) in [4.78, 5) is 45.8. The van der Waals surface area contributed by atoms with Gasteiger partial charge in [0, 0.05) is 32.3 Å². The third-order valence-electron chi connectivity index (χ3n) is 9.32. The van der Waals surface area contributed by atoms with Crippen LogP contribution in [0, 0.1) is 0 Å². The van der Waals surface area contributed by atoms with Crippen LogP contribution in [0.5, 0.6) is 17.2 Å². The van der Waals surface area contributed by atoms with Crippen molar-refractivity contribution in [1.29, 1.82) is 0 Å². The average molecular weight is 965 g/mol. The zero-order valence-electron chi connectivity index (χ0n) is 33.4. The predicted molar refractivity (Wildman–Crippen MR) is 244 cm³/mol. The Morgan fingerprint density at radius 1 is 0.609 bits per heavy atom. The van der Waals surface area contributed by atoms with E-state index < -0.39 is 17.9 Å². The second-order valence-corrected chi connectivity index (χ2v) is 15.2. The first-order chi connectivity index (χ1) is 30.9. The topological polar surface area (TPSA) is 175 Å². The van der Waals surface area contributed by atoms with Crippen LogP contribution < -0.4 is 14.1 Å². The van der Waals surface area contributed by atoms with E-state index in [1.165, 1.54) is 30.3 Å². The third kappa shape index (κ3) is 12.4. The minimum Gasteiger partial charge on any atom is -0.537 e. The lowest BCUT2D eigenvalue weighted by molar-refractivity contribution is -0.135. The maximum atomic E-state index is 12.5. The highest BCUT2D eigenvalue weighted by Gasteiger charge is 2.30. The summed E-state index contributed by atoms with van der Waals surface area (Å²) in [5, 5.41) is 27.2. The maximum Gasteiger partial charge on any atom is 0.569 e. The average Bonchev–Trinajstić information content (AvgIpc) is 3.86. The van der Waals surface area contributed by atoms with Crippen LogP contribution in [0.3, 0.4) is 0 Å². The highest BCUT2D eigenvalue weighted by Crippen LogP contribution is 2.39. The number of esters is 2. The van der Waals surface area contributed by atoms with Crippen molar-refractivity contribution in [3.63, 3.8) is 0 Å². The number of hydrogen-bond acceptors (Lipinski definition) is 10. The summed E-state index contributed by atoms with van der Waals surface area (Å²) in [5.41, 5.74) is 5.81. The molecule has 2 heterocycles. The number of carbonyl (C=O) groups excluding carboxylic acids is 2. The van der Waals surface area contributed by atoms with E-state index in [1.54, 1.807) is 54.6 Å². The van der Waals surface area contributed by atoms with E-state index in [9.17, 15) is 24.3 Å².